The minimum absolute atomic E-state index is 0.0357. The Morgan fingerprint density at radius 1 is 1.12 bits per heavy atom. The Balaban J connectivity index is 1.71. The van der Waals surface area contributed by atoms with Gasteiger partial charge in [0.1, 0.15) is 17.3 Å². The lowest BCUT2D eigenvalue weighted by atomic mass is 10.1. The molecule has 0 spiro atoms. The molecule has 128 valence electrons. The standard InChI is InChI=1S/C17H10Cl2F2N2O2/c18-9-1-4-14(19)13(5-9)17(24)22-8-11-7-16(25-23-11)12-3-2-10(20)6-15(12)21/h1-7H,8H2,(H,22,24). The normalized spacial score (nSPS) is 10.7. The van der Waals surface area contributed by atoms with Crippen LogP contribution in [0.1, 0.15) is 16.1 Å². The molecule has 4 nitrogen and oxygen atoms in total. The van der Waals surface area contributed by atoms with Crippen LogP contribution in [0.2, 0.25) is 10.0 Å². The minimum atomic E-state index is -0.766. The monoisotopic (exact) mass is 382 g/mol. The predicted molar refractivity (Wildman–Crippen MR) is 89.5 cm³/mol. The third kappa shape index (κ3) is 3.97. The van der Waals surface area contributed by atoms with Crippen LogP contribution in [0.5, 0.6) is 0 Å². The minimum Gasteiger partial charge on any atom is -0.356 e. The largest absolute Gasteiger partial charge is 0.356 e. The number of nitrogens with one attached hydrogen (secondary N) is 1. The highest BCUT2D eigenvalue weighted by molar-refractivity contribution is 6.35. The molecule has 0 bridgehead atoms. The second kappa shape index (κ2) is 7.21. The lowest BCUT2D eigenvalue weighted by molar-refractivity contribution is 0.0950. The molecule has 2 aromatic carbocycles. The molecular formula is C17H10Cl2F2N2O2. The first-order chi connectivity index (χ1) is 11.9. The number of aromatic nitrogens is 1. The third-order valence-corrected chi connectivity index (χ3v) is 3.92. The number of rotatable bonds is 4. The summed E-state index contributed by atoms with van der Waals surface area (Å²) >= 11 is 11.8. The van der Waals surface area contributed by atoms with E-state index in [9.17, 15) is 13.6 Å². The summed E-state index contributed by atoms with van der Waals surface area (Å²) in [7, 11) is 0. The predicted octanol–water partition coefficient (Wildman–Crippen LogP) is 4.86. The van der Waals surface area contributed by atoms with E-state index in [0.29, 0.717) is 10.7 Å². The Bertz CT molecular complexity index is 944. The molecule has 0 atom stereocenters. The van der Waals surface area contributed by atoms with Crippen molar-refractivity contribution in [1.82, 2.24) is 10.5 Å². The number of halogens is 4. The van der Waals surface area contributed by atoms with Crippen molar-refractivity contribution in [1.29, 1.82) is 0 Å². The topological polar surface area (TPSA) is 55.1 Å². The second-order valence-electron chi connectivity index (χ2n) is 5.11. The summed E-state index contributed by atoms with van der Waals surface area (Å²) in [5.74, 6) is -1.77. The molecule has 0 saturated heterocycles. The van der Waals surface area contributed by atoms with Gasteiger partial charge in [-0.25, -0.2) is 8.78 Å². The van der Waals surface area contributed by atoms with Gasteiger partial charge < -0.3 is 9.84 Å². The van der Waals surface area contributed by atoms with Crippen molar-refractivity contribution < 1.29 is 18.1 Å². The van der Waals surface area contributed by atoms with Crippen molar-refractivity contribution in [2.45, 2.75) is 6.54 Å². The smallest absolute Gasteiger partial charge is 0.253 e. The molecule has 1 amide bonds. The Labute approximate surface area is 151 Å². The first kappa shape index (κ1) is 17.4. The molecule has 3 rings (SSSR count). The zero-order chi connectivity index (χ0) is 18.0. The Hall–Kier alpha value is -2.44. The molecule has 8 heteroatoms. The molecule has 0 aliphatic carbocycles. The van der Waals surface area contributed by atoms with Gasteiger partial charge in [0.05, 0.1) is 22.7 Å². The second-order valence-corrected chi connectivity index (χ2v) is 5.96. The van der Waals surface area contributed by atoms with Crippen LogP contribution < -0.4 is 5.32 Å². The average Bonchev–Trinajstić information content (AvgIpc) is 3.03. The van der Waals surface area contributed by atoms with E-state index < -0.39 is 17.5 Å². The zero-order valence-electron chi connectivity index (χ0n) is 12.5. The van der Waals surface area contributed by atoms with Crippen LogP contribution in [0.4, 0.5) is 8.78 Å². The van der Waals surface area contributed by atoms with Gasteiger partial charge in [-0.05, 0) is 30.3 Å². The summed E-state index contributed by atoms with van der Waals surface area (Å²) in [5.41, 5.74) is 0.664. The lowest BCUT2D eigenvalue weighted by Gasteiger charge is -2.05. The van der Waals surface area contributed by atoms with E-state index in [0.717, 1.165) is 12.1 Å². The number of carbonyl (C=O) groups is 1. The Kier molecular flexibility index (Phi) is 5.01. The molecule has 0 saturated carbocycles. The molecule has 1 N–H and O–H groups in total. The molecule has 0 aliphatic rings. The van der Waals surface area contributed by atoms with Crippen molar-refractivity contribution in [3.05, 3.63) is 75.4 Å². The lowest BCUT2D eigenvalue weighted by Crippen LogP contribution is -2.23. The number of hydrogen-bond acceptors (Lipinski definition) is 3. The van der Waals surface area contributed by atoms with Crippen molar-refractivity contribution in [3.63, 3.8) is 0 Å². The van der Waals surface area contributed by atoms with Crippen molar-refractivity contribution in [2.75, 3.05) is 0 Å². The van der Waals surface area contributed by atoms with Crippen LogP contribution in [0.25, 0.3) is 11.3 Å². The van der Waals surface area contributed by atoms with Crippen LogP contribution in [0.3, 0.4) is 0 Å². The average molecular weight is 383 g/mol. The van der Waals surface area contributed by atoms with Gasteiger partial charge in [0, 0.05) is 17.2 Å². The first-order valence-corrected chi connectivity index (χ1v) is 7.84. The van der Waals surface area contributed by atoms with Crippen LogP contribution in [0, 0.1) is 11.6 Å². The maximum absolute atomic E-state index is 13.7. The van der Waals surface area contributed by atoms with Gasteiger partial charge in [-0.15, -0.1) is 0 Å². The Morgan fingerprint density at radius 3 is 2.68 bits per heavy atom. The van der Waals surface area contributed by atoms with Crippen LogP contribution >= 0.6 is 23.2 Å². The highest BCUT2D eigenvalue weighted by Crippen LogP contribution is 2.24. The molecule has 0 aliphatic heterocycles. The molecule has 1 aromatic heterocycles. The fourth-order valence-electron chi connectivity index (χ4n) is 2.15. The van der Waals surface area contributed by atoms with Crippen LogP contribution in [-0.4, -0.2) is 11.1 Å². The summed E-state index contributed by atoms with van der Waals surface area (Å²) in [4.78, 5) is 12.1. The number of nitrogens with zero attached hydrogens (tertiary/aromatic N) is 1. The Morgan fingerprint density at radius 2 is 1.92 bits per heavy atom. The number of benzene rings is 2. The third-order valence-electron chi connectivity index (χ3n) is 3.36. The van der Waals surface area contributed by atoms with E-state index in [1.807, 2.05) is 0 Å². The van der Waals surface area contributed by atoms with E-state index in [1.165, 1.54) is 24.3 Å². The van der Waals surface area contributed by atoms with E-state index in [4.69, 9.17) is 27.7 Å². The van der Waals surface area contributed by atoms with Gasteiger partial charge in [0.2, 0.25) is 0 Å². The first-order valence-electron chi connectivity index (χ1n) is 7.08. The van der Waals surface area contributed by atoms with Gasteiger partial charge in [-0.2, -0.15) is 0 Å². The number of carbonyl (C=O) groups excluding carboxylic acids is 1. The number of amides is 1. The van der Waals surface area contributed by atoms with Gasteiger partial charge in [0.15, 0.2) is 5.76 Å². The van der Waals surface area contributed by atoms with Crippen LogP contribution in [-0.2, 0) is 6.54 Å². The number of hydrogen-bond donors (Lipinski definition) is 1. The zero-order valence-corrected chi connectivity index (χ0v) is 14.0. The molecule has 3 aromatic rings. The van der Waals surface area contributed by atoms with E-state index in [1.54, 1.807) is 6.07 Å². The maximum Gasteiger partial charge on any atom is 0.253 e. The molecule has 25 heavy (non-hydrogen) atoms. The van der Waals surface area contributed by atoms with Gasteiger partial charge in [-0.3, -0.25) is 4.79 Å². The molecule has 0 radical (unpaired) electrons. The summed E-state index contributed by atoms with van der Waals surface area (Å²) < 4.78 is 31.7. The summed E-state index contributed by atoms with van der Waals surface area (Å²) in [6.07, 6.45) is 0. The van der Waals surface area contributed by atoms with Crippen molar-refractivity contribution in [3.8, 4) is 11.3 Å². The highest BCUT2D eigenvalue weighted by atomic mass is 35.5. The van der Waals surface area contributed by atoms with Crippen molar-refractivity contribution >= 4 is 29.1 Å². The van der Waals surface area contributed by atoms with Gasteiger partial charge in [-0.1, -0.05) is 28.4 Å². The molecule has 0 fully saturated rings. The highest BCUT2D eigenvalue weighted by Gasteiger charge is 2.14. The van der Waals surface area contributed by atoms with Gasteiger partial charge >= 0.3 is 0 Å². The van der Waals surface area contributed by atoms with Crippen LogP contribution in [0.15, 0.2) is 47.0 Å². The summed E-state index contributed by atoms with van der Waals surface area (Å²) in [6.45, 7) is 0.0357. The van der Waals surface area contributed by atoms with Crippen molar-refractivity contribution in [2.24, 2.45) is 0 Å². The molecular weight excluding hydrogens is 373 g/mol. The van der Waals surface area contributed by atoms with E-state index in [-0.39, 0.29) is 28.5 Å². The molecule has 0 unspecified atom stereocenters. The van der Waals surface area contributed by atoms with E-state index >= 15 is 0 Å². The quantitative estimate of drug-likeness (QED) is 0.700. The van der Waals surface area contributed by atoms with Gasteiger partial charge in [0.25, 0.3) is 5.91 Å². The summed E-state index contributed by atoms with van der Waals surface area (Å²) in [5, 5.41) is 7.01. The maximum atomic E-state index is 13.7. The molecule has 1 heterocycles. The fraction of sp³-hybridized carbons (Fsp3) is 0.0588. The SMILES string of the molecule is O=C(NCc1cc(-c2ccc(F)cc2F)on1)c1cc(Cl)ccc1Cl. The summed E-state index contributed by atoms with van der Waals surface area (Å²) in [6, 6.07) is 9.10. The van der Waals surface area contributed by atoms with E-state index in [2.05, 4.69) is 10.5 Å². The fourth-order valence-corrected chi connectivity index (χ4v) is 2.52.